The molecule has 3 fully saturated rings. The van der Waals surface area contributed by atoms with E-state index in [9.17, 15) is 9.50 Å². The van der Waals surface area contributed by atoms with Crippen LogP contribution in [0.1, 0.15) is 52.4 Å². The third-order valence-corrected chi connectivity index (χ3v) is 8.58. The number of benzene rings is 1. The van der Waals surface area contributed by atoms with Crippen LogP contribution >= 0.6 is 11.8 Å². The second-order valence-corrected chi connectivity index (χ2v) is 11.9. The minimum absolute atomic E-state index is 0.0150. The average molecular weight is 507 g/mol. The minimum atomic E-state index is -0.434. The fourth-order valence-corrected chi connectivity index (χ4v) is 6.59. The summed E-state index contributed by atoms with van der Waals surface area (Å²) in [5.41, 5.74) is 1.77. The van der Waals surface area contributed by atoms with E-state index in [0.717, 1.165) is 18.7 Å². The molecule has 2 N–H and O–H groups in total. The van der Waals surface area contributed by atoms with Gasteiger partial charge in [0.15, 0.2) is 11.6 Å². The molecule has 188 valence electrons. The van der Waals surface area contributed by atoms with Crippen LogP contribution < -0.4 is 10.2 Å². The van der Waals surface area contributed by atoms with Crippen molar-refractivity contribution in [2.45, 2.75) is 80.6 Å². The number of fused-ring (bicyclic) bond motifs is 2. The number of aromatic nitrogens is 4. The largest absolute Gasteiger partial charge is 0.507 e. The van der Waals surface area contributed by atoms with Crippen molar-refractivity contribution in [1.29, 1.82) is 0 Å². The SMILES string of the molecule is CSc1cc(-c2ccc(-c3ncc(N(C4CC4)[C@H]4C[C@]5(C)CC[C@](C)(C4)N5)nn3)c(O)c2)c(F)cn1. The van der Waals surface area contributed by atoms with Gasteiger partial charge in [-0.3, -0.25) is 0 Å². The van der Waals surface area contributed by atoms with E-state index >= 15 is 0 Å². The summed E-state index contributed by atoms with van der Waals surface area (Å²) in [5, 5.41) is 24.3. The zero-order valence-corrected chi connectivity index (χ0v) is 21.6. The summed E-state index contributed by atoms with van der Waals surface area (Å²) in [4.78, 5) is 11.1. The highest BCUT2D eigenvalue weighted by Crippen LogP contribution is 2.46. The predicted molar refractivity (Wildman–Crippen MR) is 140 cm³/mol. The third-order valence-electron chi connectivity index (χ3n) is 7.94. The lowest BCUT2D eigenvalue weighted by molar-refractivity contribution is 0.203. The van der Waals surface area contributed by atoms with Crippen LogP contribution in [0.4, 0.5) is 10.2 Å². The molecule has 3 atom stereocenters. The van der Waals surface area contributed by atoms with Crippen molar-refractivity contribution in [3.05, 3.63) is 42.5 Å². The predicted octanol–water partition coefficient (Wildman–Crippen LogP) is 5.20. The summed E-state index contributed by atoms with van der Waals surface area (Å²) in [7, 11) is 0. The first-order valence-corrected chi connectivity index (χ1v) is 13.8. The molecule has 0 unspecified atom stereocenters. The molecule has 4 heterocycles. The second kappa shape index (κ2) is 8.66. The van der Waals surface area contributed by atoms with E-state index in [-0.39, 0.29) is 16.8 Å². The van der Waals surface area contributed by atoms with Gasteiger partial charge in [0, 0.05) is 28.7 Å². The number of nitrogens with one attached hydrogen (secondary N) is 1. The minimum Gasteiger partial charge on any atom is -0.507 e. The zero-order chi connectivity index (χ0) is 25.1. The number of hydrogen-bond acceptors (Lipinski definition) is 8. The Labute approximate surface area is 215 Å². The number of hydrogen-bond donors (Lipinski definition) is 2. The zero-order valence-electron chi connectivity index (χ0n) is 20.8. The lowest BCUT2D eigenvalue weighted by Gasteiger charge is -2.46. The van der Waals surface area contributed by atoms with Crippen molar-refractivity contribution < 1.29 is 9.50 Å². The van der Waals surface area contributed by atoms with E-state index < -0.39 is 5.82 Å². The van der Waals surface area contributed by atoms with Crippen LogP contribution in [0.3, 0.4) is 0 Å². The Kier molecular flexibility index (Phi) is 5.68. The van der Waals surface area contributed by atoms with E-state index in [2.05, 4.69) is 44.2 Å². The van der Waals surface area contributed by atoms with Gasteiger partial charge in [-0.1, -0.05) is 6.07 Å². The van der Waals surface area contributed by atoms with Crippen molar-refractivity contribution in [3.63, 3.8) is 0 Å². The van der Waals surface area contributed by atoms with Gasteiger partial charge >= 0.3 is 0 Å². The molecule has 1 saturated carbocycles. The summed E-state index contributed by atoms with van der Waals surface area (Å²) >= 11 is 1.44. The van der Waals surface area contributed by atoms with Crippen LogP contribution in [0.15, 0.2) is 41.7 Å². The summed E-state index contributed by atoms with van der Waals surface area (Å²) < 4.78 is 14.4. The lowest BCUT2D eigenvalue weighted by atomic mass is 9.84. The number of phenols is 1. The molecule has 1 aromatic carbocycles. The van der Waals surface area contributed by atoms with Crippen molar-refractivity contribution in [3.8, 4) is 28.3 Å². The molecule has 3 aliphatic rings. The number of thioether (sulfide) groups is 1. The van der Waals surface area contributed by atoms with Crippen molar-refractivity contribution in [2.75, 3.05) is 11.2 Å². The molecule has 6 rings (SSSR count). The van der Waals surface area contributed by atoms with Gasteiger partial charge in [-0.2, -0.15) is 0 Å². The molecule has 2 aliphatic heterocycles. The van der Waals surface area contributed by atoms with E-state index in [1.165, 1.54) is 49.7 Å². The van der Waals surface area contributed by atoms with E-state index in [4.69, 9.17) is 0 Å². The Bertz CT molecular complexity index is 1280. The Morgan fingerprint density at radius 1 is 1.00 bits per heavy atom. The number of pyridine rings is 1. The van der Waals surface area contributed by atoms with Crippen LogP contribution in [-0.4, -0.2) is 54.7 Å². The van der Waals surface area contributed by atoms with Crippen molar-refractivity contribution >= 4 is 17.6 Å². The van der Waals surface area contributed by atoms with Gasteiger partial charge in [0.25, 0.3) is 0 Å². The Morgan fingerprint density at radius 2 is 1.75 bits per heavy atom. The van der Waals surface area contributed by atoms with E-state index in [0.29, 0.717) is 39.6 Å². The molecular formula is C27H31FN6OS. The number of phenolic OH excluding ortho intramolecular Hbond substituents is 1. The summed E-state index contributed by atoms with van der Waals surface area (Å²) in [5.74, 6) is 0.706. The van der Waals surface area contributed by atoms with Gasteiger partial charge in [0.2, 0.25) is 0 Å². The molecule has 1 aliphatic carbocycles. The fraction of sp³-hybridized carbons (Fsp3) is 0.481. The first-order chi connectivity index (χ1) is 17.3. The first kappa shape index (κ1) is 23.6. The number of piperidine rings is 1. The molecule has 2 aromatic heterocycles. The molecule has 7 nitrogen and oxygen atoms in total. The molecule has 0 spiro atoms. The average Bonchev–Trinajstić information content (AvgIpc) is 3.65. The summed E-state index contributed by atoms with van der Waals surface area (Å²) in [6.45, 7) is 4.68. The van der Waals surface area contributed by atoms with Gasteiger partial charge in [-0.25, -0.2) is 14.4 Å². The lowest BCUT2D eigenvalue weighted by Crippen LogP contribution is -2.59. The molecule has 3 aromatic rings. The molecule has 2 saturated heterocycles. The summed E-state index contributed by atoms with van der Waals surface area (Å²) in [6.07, 6.45) is 11.8. The standard InChI is InChI=1S/C27H31FN6OS/c1-26-8-9-27(2,33-26)13-18(12-26)34(17-5-6-17)23-15-30-25(32-31-23)19-7-4-16(10-22(19)35)20-11-24(36-3)29-14-21(20)28/h4,7,10-11,14-15,17-18,33,35H,5-6,8-9,12-13H2,1-3H3/t18-,26-,27+. The topological polar surface area (TPSA) is 87.1 Å². The Balaban J connectivity index is 1.26. The number of rotatable bonds is 6. The van der Waals surface area contributed by atoms with Gasteiger partial charge in [-0.05, 0) is 82.4 Å². The third kappa shape index (κ3) is 4.32. The number of aromatic hydroxyl groups is 1. The first-order valence-electron chi connectivity index (χ1n) is 12.6. The number of nitrogens with zero attached hydrogens (tertiary/aromatic N) is 5. The maximum absolute atomic E-state index is 14.4. The van der Waals surface area contributed by atoms with Crippen LogP contribution in [0.2, 0.25) is 0 Å². The molecular weight excluding hydrogens is 475 g/mol. The monoisotopic (exact) mass is 506 g/mol. The normalized spacial score (nSPS) is 27.3. The Hall–Kier alpha value is -2.78. The number of halogens is 1. The van der Waals surface area contributed by atoms with Crippen molar-refractivity contribution in [2.24, 2.45) is 0 Å². The highest BCUT2D eigenvalue weighted by molar-refractivity contribution is 7.98. The summed E-state index contributed by atoms with van der Waals surface area (Å²) in [6, 6.07) is 7.60. The highest BCUT2D eigenvalue weighted by atomic mass is 32.2. The van der Waals surface area contributed by atoms with Crippen LogP contribution in [0.5, 0.6) is 5.75 Å². The molecule has 2 bridgehead atoms. The second-order valence-electron chi connectivity index (χ2n) is 11.0. The van der Waals surface area contributed by atoms with Gasteiger partial charge in [0.05, 0.1) is 23.0 Å². The van der Waals surface area contributed by atoms with Crippen molar-refractivity contribution in [1.82, 2.24) is 25.5 Å². The van der Waals surface area contributed by atoms with Gasteiger partial charge in [-0.15, -0.1) is 22.0 Å². The smallest absolute Gasteiger partial charge is 0.185 e. The van der Waals surface area contributed by atoms with E-state index in [1.807, 2.05) is 6.26 Å². The van der Waals surface area contributed by atoms with Gasteiger partial charge in [0.1, 0.15) is 11.6 Å². The molecule has 0 radical (unpaired) electrons. The molecule has 9 heteroatoms. The Morgan fingerprint density at radius 3 is 2.36 bits per heavy atom. The quantitative estimate of drug-likeness (QED) is 0.441. The number of anilines is 1. The maximum Gasteiger partial charge on any atom is 0.185 e. The maximum atomic E-state index is 14.4. The van der Waals surface area contributed by atoms with Crippen LogP contribution in [0, 0.1) is 5.82 Å². The molecule has 0 amide bonds. The van der Waals surface area contributed by atoms with Crippen LogP contribution in [0.25, 0.3) is 22.5 Å². The molecule has 36 heavy (non-hydrogen) atoms. The highest BCUT2D eigenvalue weighted by Gasteiger charge is 2.51. The van der Waals surface area contributed by atoms with E-state index in [1.54, 1.807) is 24.4 Å². The van der Waals surface area contributed by atoms with Crippen LogP contribution in [-0.2, 0) is 0 Å². The van der Waals surface area contributed by atoms with Gasteiger partial charge < -0.3 is 15.3 Å². The fourth-order valence-electron chi connectivity index (χ4n) is 6.20.